The quantitative estimate of drug-likeness (QED) is 0.702. The Bertz CT molecular complexity index is 435. The first-order valence-electron chi connectivity index (χ1n) is 3.72. The molecule has 0 saturated heterocycles. The molecule has 5 nitrogen and oxygen atoms in total. The fourth-order valence-corrected chi connectivity index (χ4v) is 1.59. The highest BCUT2D eigenvalue weighted by molar-refractivity contribution is 7.85. The minimum atomic E-state index is -4.03. The van der Waals surface area contributed by atoms with Gasteiger partial charge in [-0.15, -0.1) is 0 Å². The highest BCUT2D eigenvalue weighted by atomic mass is 32.2. The summed E-state index contributed by atoms with van der Waals surface area (Å²) >= 11 is 0. The monoisotopic (exact) mass is 215 g/mol. The van der Waals surface area contributed by atoms with Crippen LogP contribution in [-0.2, 0) is 15.9 Å². The molecule has 0 saturated carbocycles. The average molecular weight is 215 g/mol. The lowest BCUT2D eigenvalue weighted by Crippen LogP contribution is -2.10. The third-order valence-corrected chi connectivity index (χ3v) is 2.29. The predicted molar refractivity (Wildman–Crippen MR) is 50.2 cm³/mol. The van der Waals surface area contributed by atoms with E-state index in [0.717, 1.165) is 0 Å². The largest absolute Gasteiger partial charge is 0.366 e. The molecule has 0 aromatic heterocycles. The summed E-state index contributed by atoms with van der Waals surface area (Å²) in [6, 6.07) is 5.66. The van der Waals surface area contributed by atoms with Gasteiger partial charge in [-0.05, 0) is 17.7 Å². The standard InChI is InChI=1S/C8H9NO4S/c9-8(10)7-3-1-6(2-4-7)5-14(11,12)13/h1-4H,5H2,(H2,9,10)(H,11,12,13). The molecule has 0 bridgehead atoms. The molecule has 0 unspecified atom stereocenters. The molecule has 1 amide bonds. The van der Waals surface area contributed by atoms with Crippen LogP contribution in [0.1, 0.15) is 15.9 Å². The first kappa shape index (κ1) is 10.7. The number of benzene rings is 1. The molecule has 0 fully saturated rings. The molecule has 0 heterocycles. The molecule has 0 spiro atoms. The molecule has 0 aliphatic rings. The van der Waals surface area contributed by atoms with Gasteiger partial charge in [0.1, 0.15) is 5.75 Å². The van der Waals surface area contributed by atoms with Crippen LogP contribution in [0.5, 0.6) is 0 Å². The van der Waals surface area contributed by atoms with Crippen molar-refractivity contribution in [3.8, 4) is 0 Å². The van der Waals surface area contributed by atoms with Gasteiger partial charge in [0, 0.05) is 5.56 Å². The SMILES string of the molecule is NC(=O)c1ccc(CS(=O)(=O)O)cc1. The second-order valence-corrected chi connectivity index (χ2v) is 4.24. The Labute approximate surface area is 81.3 Å². The van der Waals surface area contributed by atoms with Gasteiger partial charge in [-0.25, -0.2) is 0 Å². The second kappa shape index (κ2) is 3.77. The summed E-state index contributed by atoms with van der Waals surface area (Å²) in [5.41, 5.74) is 5.68. The maximum atomic E-state index is 10.7. The van der Waals surface area contributed by atoms with Crippen molar-refractivity contribution in [3.05, 3.63) is 35.4 Å². The van der Waals surface area contributed by atoms with Crippen molar-refractivity contribution in [2.24, 2.45) is 5.73 Å². The number of hydrogen-bond acceptors (Lipinski definition) is 3. The molecule has 3 N–H and O–H groups in total. The maximum absolute atomic E-state index is 10.7. The van der Waals surface area contributed by atoms with E-state index in [9.17, 15) is 13.2 Å². The predicted octanol–water partition coefficient (Wildman–Crippen LogP) is 0.173. The molecule has 1 rings (SSSR count). The van der Waals surface area contributed by atoms with E-state index in [1.165, 1.54) is 24.3 Å². The number of carbonyl (C=O) groups is 1. The van der Waals surface area contributed by atoms with E-state index in [1.54, 1.807) is 0 Å². The summed E-state index contributed by atoms with van der Waals surface area (Å²) in [5.74, 6) is -1.05. The normalized spacial score (nSPS) is 11.2. The van der Waals surface area contributed by atoms with Crippen molar-refractivity contribution in [3.63, 3.8) is 0 Å². The number of amides is 1. The summed E-state index contributed by atoms with van der Waals surface area (Å²) in [6.45, 7) is 0. The molecular formula is C8H9NO4S. The smallest absolute Gasteiger partial charge is 0.269 e. The number of carbonyl (C=O) groups excluding carboxylic acids is 1. The van der Waals surface area contributed by atoms with E-state index in [-0.39, 0.29) is 0 Å². The third kappa shape index (κ3) is 3.15. The van der Waals surface area contributed by atoms with Crippen molar-refractivity contribution < 1.29 is 17.8 Å². The van der Waals surface area contributed by atoms with Crippen LogP contribution < -0.4 is 5.73 Å². The fraction of sp³-hybridized carbons (Fsp3) is 0.125. The van der Waals surface area contributed by atoms with Crippen LogP contribution in [0.2, 0.25) is 0 Å². The summed E-state index contributed by atoms with van der Waals surface area (Å²) in [4.78, 5) is 10.7. The molecular weight excluding hydrogens is 206 g/mol. The maximum Gasteiger partial charge on any atom is 0.269 e. The minimum Gasteiger partial charge on any atom is -0.366 e. The summed E-state index contributed by atoms with van der Waals surface area (Å²) in [6.07, 6.45) is 0. The van der Waals surface area contributed by atoms with Gasteiger partial charge in [-0.2, -0.15) is 8.42 Å². The van der Waals surface area contributed by atoms with Gasteiger partial charge in [0.25, 0.3) is 10.1 Å². The molecule has 14 heavy (non-hydrogen) atoms. The Balaban J connectivity index is 2.90. The number of hydrogen-bond donors (Lipinski definition) is 2. The Morgan fingerprint density at radius 1 is 1.29 bits per heavy atom. The zero-order chi connectivity index (χ0) is 10.8. The number of primary amides is 1. The average Bonchev–Trinajstić information content (AvgIpc) is 2.02. The second-order valence-electron chi connectivity index (χ2n) is 2.79. The minimum absolute atomic E-state index is 0.295. The molecule has 1 aromatic rings. The van der Waals surface area contributed by atoms with Crippen LogP contribution >= 0.6 is 0 Å². The summed E-state index contributed by atoms with van der Waals surface area (Å²) in [7, 11) is -4.03. The van der Waals surface area contributed by atoms with Crippen LogP contribution in [-0.4, -0.2) is 18.9 Å². The molecule has 6 heteroatoms. The van der Waals surface area contributed by atoms with Gasteiger partial charge in [0.15, 0.2) is 0 Å². The topological polar surface area (TPSA) is 97.5 Å². The number of nitrogens with two attached hydrogens (primary N) is 1. The van der Waals surface area contributed by atoms with E-state index in [1.807, 2.05) is 0 Å². The van der Waals surface area contributed by atoms with E-state index < -0.39 is 21.8 Å². The lowest BCUT2D eigenvalue weighted by atomic mass is 10.1. The third-order valence-electron chi connectivity index (χ3n) is 1.59. The first-order chi connectivity index (χ1) is 6.38. The summed E-state index contributed by atoms with van der Waals surface area (Å²) < 4.78 is 29.5. The van der Waals surface area contributed by atoms with Crippen LogP contribution in [0.3, 0.4) is 0 Å². The number of rotatable bonds is 3. The van der Waals surface area contributed by atoms with E-state index in [2.05, 4.69) is 0 Å². The zero-order valence-electron chi connectivity index (χ0n) is 7.17. The molecule has 0 radical (unpaired) electrons. The first-order valence-corrected chi connectivity index (χ1v) is 5.33. The van der Waals surface area contributed by atoms with Crippen molar-refractivity contribution in [1.82, 2.24) is 0 Å². The molecule has 1 aromatic carbocycles. The van der Waals surface area contributed by atoms with Crippen molar-refractivity contribution in [2.45, 2.75) is 5.75 Å². The van der Waals surface area contributed by atoms with Crippen LogP contribution in [0.4, 0.5) is 0 Å². The van der Waals surface area contributed by atoms with E-state index >= 15 is 0 Å². The van der Waals surface area contributed by atoms with E-state index in [0.29, 0.717) is 11.1 Å². The molecule has 76 valence electrons. The molecule has 0 atom stereocenters. The van der Waals surface area contributed by atoms with Crippen molar-refractivity contribution in [1.29, 1.82) is 0 Å². The lowest BCUT2D eigenvalue weighted by Gasteiger charge is -1.99. The highest BCUT2D eigenvalue weighted by Crippen LogP contribution is 2.06. The van der Waals surface area contributed by atoms with E-state index in [4.69, 9.17) is 10.3 Å². The van der Waals surface area contributed by atoms with Gasteiger partial charge in [0.2, 0.25) is 5.91 Å². The molecule has 0 aliphatic carbocycles. The Morgan fingerprint density at radius 3 is 2.14 bits per heavy atom. The van der Waals surface area contributed by atoms with Gasteiger partial charge < -0.3 is 5.73 Å². The van der Waals surface area contributed by atoms with Gasteiger partial charge in [0.05, 0.1) is 0 Å². The Hall–Kier alpha value is -1.40. The van der Waals surface area contributed by atoms with Crippen molar-refractivity contribution in [2.75, 3.05) is 0 Å². The highest BCUT2D eigenvalue weighted by Gasteiger charge is 2.07. The van der Waals surface area contributed by atoms with Gasteiger partial charge >= 0.3 is 0 Å². The zero-order valence-corrected chi connectivity index (χ0v) is 7.99. The van der Waals surface area contributed by atoms with Crippen LogP contribution in [0, 0.1) is 0 Å². The molecule has 0 aliphatic heterocycles. The fourth-order valence-electron chi connectivity index (χ4n) is 0.976. The Morgan fingerprint density at radius 2 is 1.79 bits per heavy atom. The van der Waals surface area contributed by atoms with Crippen LogP contribution in [0.15, 0.2) is 24.3 Å². The van der Waals surface area contributed by atoms with Crippen LogP contribution in [0.25, 0.3) is 0 Å². The lowest BCUT2D eigenvalue weighted by molar-refractivity contribution is 0.100. The van der Waals surface area contributed by atoms with Gasteiger partial charge in [-0.1, -0.05) is 12.1 Å². The summed E-state index contributed by atoms with van der Waals surface area (Å²) in [5, 5.41) is 0. The van der Waals surface area contributed by atoms with Gasteiger partial charge in [-0.3, -0.25) is 9.35 Å². The van der Waals surface area contributed by atoms with Crippen molar-refractivity contribution >= 4 is 16.0 Å². The Kier molecular flexibility index (Phi) is 2.87.